The van der Waals surface area contributed by atoms with Crippen molar-refractivity contribution in [1.29, 1.82) is 0 Å². The lowest BCUT2D eigenvalue weighted by Gasteiger charge is -2.24. The lowest BCUT2D eigenvalue weighted by molar-refractivity contribution is 0.111. The Morgan fingerprint density at radius 3 is 3.08 bits per heavy atom. The highest BCUT2D eigenvalue weighted by Gasteiger charge is 2.16. The van der Waals surface area contributed by atoms with Crippen LogP contribution in [0, 0.1) is 0 Å². The van der Waals surface area contributed by atoms with Crippen molar-refractivity contribution in [3.63, 3.8) is 0 Å². The van der Waals surface area contributed by atoms with E-state index in [1.54, 1.807) is 7.11 Å². The Balaban J connectivity index is 2.23. The van der Waals surface area contributed by atoms with Crippen LogP contribution in [0.1, 0.15) is 5.56 Å². The Labute approximate surface area is 72.5 Å². The van der Waals surface area contributed by atoms with Crippen molar-refractivity contribution >= 4 is 5.69 Å². The summed E-state index contributed by atoms with van der Waals surface area (Å²) in [6.07, 6.45) is 1.36. The van der Waals surface area contributed by atoms with Gasteiger partial charge in [-0.3, -0.25) is 0 Å². The second kappa shape index (κ2) is 3.15. The number of methoxy groups -OCH3 is 1. The number of rotatable bonds is 1. The fourth-order valence-corrected chi connectivity index (χ4v) is 1.58. The minimum Gasteiger partial charge on any atom is -0.382 e. The van der Waals surface area contributed by atoms with Crippen LogP contribution < -0.4 is 5.32 Å². The largest absolute Gasteiger partial charge is 0.382 e. The van der Waals surface area contributed by atoms with Crippen LogP contribution in [-0.4, -0.2) is 19.8 Å². The van der Waals surface area contributed by atoms with Gasteiger partial charge in [0.15, 0.2) is 0 Å². The van der Waals surface area contributed by atoms with Gasteiger partial charge in [0.05, 0.1) is 6.10 Å². The first kappa shape index (κ1) is 7.62. The second-order valence-electron chi connectivity index (χ2n) is 3.10. The summed E-state index contributed by atoms with van der Waals surface area (Å²) in [6.45, 7) is 0.924. The summed E-state index contributed by atoms with van der Waals surface area (Å²) in [6, 6.07) is 8.38. The number of anilines is 1. The fraction of sp³-hybridized carbons (Fsp3) is 0.400. The summed E-state index contributed by atoms with van der Waals surface area (Å²) in [5, 5.41) is 3.34. The summed E-state index contributed by atoms with van der Waals surface area (Å²) in [4.78, 5) is 0. The van der Waals surface area contributed by atoms with Gasteiger partial charge in [-0.2, -0.15) is 0 Å². The van der Waals surface area contributed by atoms with Crippen molar-refractivity contribution in [3.8, 4) is 0 Å². The van der Waals surface area contributed by atoms with Gasteiger partial charge in [-0.1, -0.05) is 18.2 Å². The highest BCUT2D eigenvalue weighted by Crippen LogP contribution is 2.21. The Morgan fingerprint density at radius 1 is 1.42 bits per heavy atom. The maximum atomic E-state index is 5.29. The molecule has 0 aliphatic carbocycles. The molecule has 2 rings (SSSR count). The number of ether oxygens (including phenoxy) is 1. The van der Waals surface area contributed by atoms with Crippen LogP contribution in [0.25, 0.3) is 0 Å². The second-order valence-corrected chi connectivity index (χ2v) is 3.10. The number of hydrogen-bond donors (Lipinski definition) is 1. The van der Waals surface area contributed by atoms with Crippen molar-refractivity contribution in [1.82, 2.24) is 0 Å². The SMILES string of the molecule is CO[C@H]1CNc2ccccc2C1. The van der Waals surface area contributed by atoms with E-state index >= 15 is 0 Å². The van der Waals surface area contributed by atoms with Gasteiger partial charge in [0.1, 0.15) is 0 Å². The van der Waals surface area contributed by atoms with Crippen molar-refractivity contribution in [3.05, 3.63) is 29.8 Å². The highest BCUT2D eigenvalue weighted by atomic mass is 16.5. The van der Waals surface area contributed by atoms with E-state index in [1.165, 1.54) is 11.3 Å². The first-order valence-corrected chi connectivity index (χ1v) is 4.24. The van der Waals surface area contributed by atoms with E-state index < -0.39 is 0 Å². The molecule has 1 heterocycles. The quantitative estimate of drug-likeness (QED) is 0.680. The van der Waals surface area contributed by atoms with Crippen molar-refractivity contribution in [2.75, 3.05) is 19.0 Å². The summed E-state index contributed by atoms with van der Waals surface area (Å²) < 4.78 is 5.29. The van der Waals surface area contributed by atoms with Gasteiger partial charge in [-0.25, -0.2) is 0 Å². The van der Waals surface area contributed by atoms with Crippen LogP contribution in [0.4, 0.5) is 5.69 Å². The number of hydrogen-bond acceptors (Lipinski definition) is 2. The third-order valence-corrected chi connectivity index (χ3v) is 2.32. The monoisotopic (exact) mass is 163 g/mol. The number of fused-ring (bicyclic) bond motifs is 1. The van der Waals surface area contributed by atoms with Gasteiger partial charge in [-0.05, 0) is 11.6 Å². The molecular formula is C10H13NO. The maximum absolute atomic E-state index is 5.29. The highest BCUT2D eigenvalue weighted by molar-refractivity contribution is 5.53. The number of benzene rings is 1. The zero-order valence-corrected chi connectivity index (χ0v) is 7.21. The molecule has 0 saturated carbocycles. The summed E-state index contributed by atoms with van der Waals surface area (Å²) >= 11 is 0. The topological polar surface area (TPSA) is 21.3 Å². The fourth-order valence-electron chi connectivity index (χ4n) is 1.58. The van der Waals surface area contributed by atoms with Crippen LogP contribution >= 0.6 is 0 Å². The van der Waals surface area contributed by atoms with Crippen LogP contribution in [0.2, 0.25) is 0 Å². The molecule has 1 aromatic rings. The Bertz CT molecular complexity index is 272. The Kier molecular flexibility index (Phi) is 2.00. The molecule has 0 saturated heterocycles. The lowest BCUT2D eigenvalue weighted by Crippen LogP contribution is -2.29. The summed E-state index contributed by atoms with van der Waals surface area (Å²) in [7, 11) is 1.76. The van der Waals surface area contributed by atoms with E-state index in [0.717, 1.165) is 13.0 Å². The molecule has 0 unspecified atom stereocenters. The van der Waals surface area contributed by atoms with Gasteiger partial charge < -0.3 is 10.1 Å². The predicted molar refractivity (Wildman–Crippen MR) is 49.4 cm³/mol. The molecule has 64 valence electrons. The molecule has 0 spiro atoms. The molecule has 2 heteroatoms. The molecule has 1 N–H and O–H groups in total. The van der Waals surface area contributed by atoms with Crippen molar-refractivity contribution in [2.45, 2.75) is 12.5 Å². The number of para-hydroxylation sites is 1. The molecule has 0 amide bonds. The van der Waals surface area contributed by atoms with Gasteiger partial charge in [0, 0.05) is 25.8 Å². The van der Waals surface area contributed by atoms with Gasteiger partial charge in [0.25, 0.3) is 0 Å². The molecule has 1 aliphatic heterocycles. The van der Waals surface area contributed by atoms with Gasteiger partial charge in [-0.15, -0.1) is 0 Å². The molecule has 1 aromatic carbocycles. The predicted octanol–water partition coefficient (Wildman–Crippen LogP) is 1.67. The van der Waals surface area contributed by atoms with E-state index in [4.69, 9.17) is 4.74 Å². The van der Waals surface area contributed by atoms with Crippen molar-refractivity contribution in [2.24, 2.45) is 0 Å². The Hall–Kier alpha value is -1.02. The van der Waals surface area contributed by atoms with Crippen molar-refractivity contribution < 1.29 is 4.74 Å². The number of nitrogens with one attached hydrogen (secondary N) is 1. The average Bonchev–Trinajstić information content (AvgIpc) is 2.17. The normalized spacial score (nSPS) is 21.2. The summed E-state index contributed by atoms with van der Waals surface area (Å²) in [5.74, 6) is 0. The van der Waals surface area contributed by atoms with E-state index in [1.807, 2.05) is 0 Å². The summed E-state index contributed by atoms with van der Waals surface area (Å²) in [5.41, 5.74) is 2.61. The van der Waals surface area contributed by atoms with E-state index in [0.29, 0.717) is 6.10 Å². The lowest BCUT2D eigenvalue weighted by atomic mass is 10.0. The van der Waals surface area contributed by atoms with Gasteiger partial charge >= 0.3 is 0 Å². The maximum Gasteiger partial charge on any atom is 0.0784 e. The molecule has 12 heavy (non-hydrogen) atoms. The molecule has 1 aliphatic rings. The third-order valence-electron chi connectivity index (χ3n) is 2.32. The van der Waals surface area contributed by atoms with Crippen LogP contribution in [-0.2, 0) is 11.2 Å². The van der Waals surface area contributed by atoms with E-state index in [9.17, 15) is 0 Å². The molecule has 2 nitrogen and oxygen atoms in total. The zero-order chi connectivity index (χ0) is 8.39. The molecule has 0 aromatic heterocycles. The Morgan fingerprint density at radius 2 is 2.25 bits per heavy atom. The van der Waals surface area contributed by atoms with Crippen LogP contribution in [0.5, 0.6) is 0 Å². The minimum atomic E-state index is 0.333. The van der Waals surface area contributed by atoms with Gasteiger partial charge in [0.2, 0.25) is 0 Å². The van der Waals surface area contributed by atoms with E-state index in [2.05, 4.69) is 29.6 Å². The standard InChI is InChI=1S/C10H13NO/c1-12-9-6-8-4-2-3-5-10(8)11-7-9/h2-5,9,11H,6-7H2,1H3/t9-/m1/s1. The molecule has 1 atom stereocenters. The average molecular weight is 163 g/mol. The minimum absolute atomic E-state index is 0.333. The smallest absolute Gasteiger partial charge is 0.0784 e. The molecule has 0 bridgehead atoms. The first-order chi connectivity index (χ1) is 5.90. The van der Waals surface area contributed by atoms with Crippen LogP contribution in [0.3, 0.4) is 0 Å². The first-order valence-electron chi connectivity index (χ1n) is 4.24. The molecule has 0 fully saturated rings. The third kappa shape index (κ3) is 1.30. The molecular weight excluding hydrogens is 150 g/mol. The van der Waals surface area contributed by atoms with Crippen LogP contribution in [0.15, 0.2) is 24.3 Å². The molecule has 0 radical (unpaired) electrons. The zero-order valence-electron chi connectivity index (χ0n) is 7.21. The van der Waals surface area contributed by atoms with E-state index in [-0.39, 0.29) is 0 Å².